The fraction of sp³-hybridized carbons (Fsp3) is 0.345. The van der Waals surface area contributed by atoms with Crippen molar-refractivity contribution in [2.24, 2.45) is 15.8 Å². The molecular weight excluding hydrogens is 564 g/mol. The van der Waals surface area contributed by atoms with Gasteiger partial charge in [0, 0.05) is 41.6 Å². The molecule has 0 spiro atoms. The van der Waals surface area contributed by atoms with Crippen molar-refractivity contribution >= 4 is 30.1 Å². The summed E-state index contributed by atoms with van der Waals surface area (Å²) in [5, 5.41) is 27.8. The fourth-order valence-corrected chi connectivity index (χ4v) is 6.18. The van der Waals surface area contributed by atoms with Crippen LogP contribution in [0.3, 0.4) is 0 Å². The average molecular weight is 595 g/mol. The molecule has 1 amide bonds. The second kappa shape index (κ2) is 12.4. The van der Waals surface area contributed by atoms with Crippen molar-refractivity contribution in [3.63, 3.8) is 0 Å². The summed E-state index contributed by atoms with van der Waals surface area (Å²) in [5.74, 6) is -2.96. The van der Waals surface area contributed by atoms with E-state index >= 15 is 4.39 Å². The number of hydrogen-bond acceptors (Lipinski definition) is 9. The summed E-state index contributed by atoms with van der Waals surface area (Å²) in [6, 6.07) is 12.0. The number of nitrogens with zero attached hydrogens (tertiary/aromatic N) is 6. The van der Waals surface area contributed by atoms with Crippen molar-refractivity contribution in [1.29, 1.82) is 5.26 Å². The van der Waals surface area contributed by atoms with Crippen molar-refractivity contribution in [2.75, 3.05) is 26.2 Å². The van der Waals surface area contributed by atoms with E-state index in [0.717, 1.165) is 23.8 Å². The maximum atomic E-state index is 15.3. The Labute approximate surface area is 245 Å². The van der Waals surface area contributed by atoms with Crippen LogP contribution in [0, 0.1) is 23.0 Å². The number of quaternary nitrogens is 1. The Morgan fingerprint density at radius 2 is 2.10 bits per heavy atom. The van der Waals surface area contributed by atoms with E-state index in [1.54, 1.807) is 31.2 Å². The molecule has 42 heavy (non-hydrogen) atoms. The number of thiazole rings is 1. The molecular formula is C29H30F2N7O3S+. The maximum absolute atomic E-state index is 15.3. The molecule has 1 fully saturated rings. The summed E-state index contributed by atoms with van der Waals surface area (Å²) in [4.78, 5) is 22.9. The molecule has 5 rings (SSSR count). The number of nitriles is 1. The third kappa shape index (κ3) is 6.07. The topological polar surface area (TPSA) is 137 Å². The molecule has 5 atom stereocenters. The second-order valence-corrected chi connectivity index (χ2v) is 11.3. The predicted molar refractivity (Wildman–Crippen MR) is 153 cm³/mol. The van der Waals surface area contributed by atoms with Crippen molar-refractivity contribution in [1.82, 2.24) is 9.88 Å². The summed E-state index contributed by atoms with van der Waals surface area (Å²) >= 11 is 1.32. The molecule has 2 aromatic carbocycles. The van der Waals surface area contributed by atoms with Crippen LogP contribution in [-0.2, 0) is 4.74 Å². The van der Waals surface area contributed by atoms with Gasteiger partial charge >= 0.3 is 6.09 Å². The van der Waals surface area contributed by atoms with Gasteiger partial charge in [0.25, 0.3) is 0 Å². The third-order valence-corrected chi connectivity index (χ3v) is 8.66. The van der Waals surface area contributed by atoms with Crippen molar-refractivity contribution < 1.29 is 28.0 Å². The molecule has 218 valence electrons. The standard InChI is InChI=1S/C29H30F2N7O3S/c1-18(27-36-25(15-42-27)20-4-2-19(13-32)3-5-20)26(23-12-21(30)6-7-24(23)31)28(39)38(17-34-16-35-38)10-11-41-29(40)37-9-8-22(33)14-37/h2-7,12,15-18,22,26,28,39H,8-11,14,33H2,1H3/q+1/t18-,22+,26-,28?,38?/m0/s1. The fourth-order valence-electron chi connectivity index (χ4n) is 5.24. The molecule has 0 radical (unpaired) electrons. The summed E-state index contributed by atoms with van der Waals surface area (Å²) in [7, 11) is 0. The molecule has 3 heterocycles. The quantitative estimate of drug-likeness (QED) is 0.358. The second-order valence-electron chi connectivity index (χ2n) is 10.4. The monoisotopic (exact) mass is 594 g/mol. The number of carbonyl (C=O) groups is 1. The lowest BCUT2D eigenvalue weighted by Crippen LogP contribution is -2.54. The van der Waals surface area contributed by atoms with Crippen LogP contribution in [0.2, 0.25) is 0 Å². The van der Waals surface area contributed by atoms with Gasteiger partial charge in [0.05, 0.1) is 28.3 Å². The Kier molecular flexibility index (Phi) is 8.69. The number of aliphatic hydroxyl groups is 1. The van der Waals surface area contributed by atoms with Gasteiger partial charge in [-0.2, -0.15) is 10.3 Å². The van der Waals surface area contributed by atoms with Crippen LogP contribution in [-0.4, -0.2) is 76.9 Å². The predicted octanol–water partition coefficient (Wildman–Crippen LogP) is 4.14. The molecule has 2 aliphatic rings. The van der Waals surface area contributed by atoms with Crippen LogP contribution in [0.1, 0.15) is 41.3 Å². The first-order valence-corrected chi connectivity index (χ1v) is 14.3. The minimum atomic E-state index is -1.44. The minimum Gasteiger partial charge on any atom is -0.443 e. The van der Waals surface area contributed by atoms with Crippen LogP contribution in [0.15, 0.2) is 57.9 Å². The molecule has 3 aromatic rings. The molecule has 2 unspecified atom stereocenters. The van der Waals surface area contributed by atoms with Crippen LogP contribution >= 0.6 is 11.3 Å². The largest absolute Gasteiger partial charge is 0.443 e. The number of carbonyl (C=O) groups excluding carboxylic acids is 1. The maximum Gasteiger partial charge on any atom is 0.410 e. The molecule has 1 saturated heterocycles. The molecule has 0 aliphatic carbocycles. The molecule has 1 aromatic heterocycles. The Bertz CT molecular complexity index is 1530. The number of benzene rings is 2. The summed E-state index contributed by atoms with van der Waals surface area (Å²) in [6.45, 7) is 2.57. The molecule has 13 heteroatoms. The van der Waals surface area contributed by atoms with Crippen LogP contribution in [0.4, 0.5) is 13.6 Å². The Hall–Kier alpha value is -4.09. The van der Waals surface area contributed by atoms with Gasteiger partial charge in [-0.3, -0.25) is 0 Å². The van der Waals surface area contributed by atoms with Gasteiger partial charge in [0.1, 0.15) is 24.8 Å². The van der Waals surface area contributed by atoms with Crippen molar-refractivity contribution in [2.45, 2.75) is 37.5 Å². The lowest BCUT2D eigenvalue weighted by molar-refractivity contribution is -0.892. The minimum absolute atomic E-state index is 0.00130. The Balaban J connectivity index is 1.43. The number of nitrogens with two attached hydrogens (primary N) is 1. The van der Waals surface area contributed by atoms with E-state index in [9.17, 15) is 14.3 Å². The number of amides is 1. The molecule has 10 nitrogen and oxygen atoms in total. The zero-order chi connectivity index (χ0) is 29.9. The number of hydrogen-bond donors (Lipinski definition) is 2. The molecule has 0 bridgehead atoms. The van der Waals surface area contributed by atoms with E-state index in [0.29, 0.717) is 35.8 Å². The highest BCUT2D eigenvalue weighted by Crippen LogP contribution is 2.42. The Morgan fingerprint density at radius 1 is 1.31 bits per heavy atom. The van der Waals surface area contributed by atoms with Crippen molar-refractivity contribution in [3.8, 4) is 17.3 Å². The van der Waals surface area contributed by atoms with E-state index in [1.807, 2.05) is 5.38 Å². The summed E-state index contributed by atoms with van der Waals surface area (Å²) < 4.78 is 34.7. The van der Waals surface area contributed by atoms with Gasteiger partial charge < -0.3 is 20.5 Å². The number of aromatic nitrogens is 1. The van der Waals surface area contributed by atoms with Gasteiger partial charge in [0.2, 0.25) is 12.6 Å². The number of aliphatic imine (C=N–C) groups is 1. The smallest absolute Gasteiger partial charge is 0.410 e. The number of halogens is 2. The first-order chi connectivity index (χ1) is 20.2. The SMILES string of the molecule is C[C@H](c1nc(-c2ccc(C#N)cc2)cs1)[C@@H](c1cc(F)ccc1F)C(O)[N+]1(CCOC(=O)N2CC[C@@H](N)C2)C=NC=N1. The first-order valence-electron chi connectivity index (χ1n) is 13.4. The highest BCUT2D eigenvalue weighted by molar-refractivity contribution is 7.10. The van der Waals surface area contributed by atoms with Gasteiger partial charge in [-0.1, -0.05) is 24.2 Å². The highest BCUT2D eigenvalue weighted by Gasteiger charge is 2.47. The lowest BCUT2D eigenvalue weighted by Gasteiger charge is -2.36. The van der Waals surface area contributed by atoms with Gasteiger partial charge in [-0.15, -0.1) is 15.9 Å². The lowest BCUT2D eigenvalue weighted by atomic mass is 9.84. The van der Waals surface area contributed by atoms with E-state index in [4.69, 9.17) is 20.7 Å². The zero-order valence-electron chi connectivity index (χ0n) is 22.8. The molecule has 0 saturated carbocycles. The van der Waals surface area contributed by atoms with E-state index in [1.165, 1.54) is 28.9 Å². The normalized spacial score (nSPS) is 21.7. The first kappa shape index (κ1) is 29.4. The van der Waals surface area contributed by atoms with Gasteiger partial charge in [-0.05, 0) is 36.8 Å². The van der Waals surface area contributed by atoms with Crippen LogP contribution in [0.25, 0.3) is 11.3 Å². The van der Waals surface area contributed by atoms with Gasteiger partial charge in [-0.25, -0.2) is 18.6 Å². The highest BCUT2D eigenvalue weighted by atomic mass is 32.1. The van der Waals surface area contributed by atoms with E-state index in [2.05, 4.69) is 16.2 Å². The number of aliphatic hydroxyl groups excluding tert-OH is 1. The van der Waals surface area contributed by atoms with Gasteiger partial charge in [0.15, 0.2) is 6.34 Å². The summed E-state index contributed by atoms with van der Waals surface area (Å²) in [5.41, 5.74) is 7.81. The van der Waals surface area contributed by atoms with E-state index < -0.39 is 40.4 Å². The van der Waals surface area contributed by atoms with E-state index in [-0.39, 0.29) is 24.8 Å². The van der Waals surface area contributed by atoms with Crippen LogP contribution in [0.5, 0.6) is 0 Å². The molecule has 3 N–H and O–H groups in total. The zero-order valence-corrected chi connectivity index (χ0v) is 23.6. The average Bonchev–Trinajstić information content (AvgIpc) is 3.77. The number of rotatable bonds is 9. The van der Waals surface area contributed by atoms with Crippen molar-refractivity contribution in [3.05, 3.63) is 75.6 Å². The number of likely N-dealkylation sites (tertiary alicyclic amines) is 1. The Morgan fingerprint density at radius 3 is 2.76 bits per heavy atom. The molecule has 2 aliphatic heterocycles. The third-order valence-electron chi connectivity index (χ3n) is 7.61. The summed E-state index contributed by atoms with van der Waals surface area (Å²) in [6.07, 6.45) is 1.38. The number of ether oxygens (including phenoxy) is 1. The van der Waals surface area contributed by atoms with Crippen LogP contribution < -0.4 is 5.73 Å².